The van der Waals surface area contributed by atoms with Crippen LogP contribution in [0.3, 0.4) is 0 Å². The normalized spacial score (nSPS) is 10.4. The van der Waals surface area contributed by atoms with Gasteiger partial charge >= 0.3 is 0 Å². The monoisotopic (exact) mass is 384 g/mol. The maximum atomic E-state index is 12.1. The predicted molar refractivity (Wildman–Crippen MR) is 110 cm³/mol. The molecule has 3 aromatic carbocycles. The molecule has 0 spiro atoms. The van der Waals surface area contributed by atoms with Gasteiger partial charge < -0.3 is 10.1 Å². The van der Waals surface area contributed by atoms with Crippen molar-refractivity contribution in [2.75, 3.05) is 11.9 Å². The number of thiocarbonyl (C=S) groups is 1. The molecule has 4 nitrogen and oxygen atoms in total. The number of amides is 1. The Bertz CT molecular complexity index is 970. The van der Waals surface area contributed by atoms with Crippen LogP contribution in [0.1, 0.15) is 5.56 Å². The van der Waals surface area contributed by atoms with Crippen molar-refractivity contribution in [2.24, 2.45) is 0 Å². The highest BCUT2D eigenvalue weighted by Crippen LogP contribution is 2.23. The van der Waals surface area contributed by atoms with Gasteiger partial charge in [-0.25, -0.2) is 0 Å². The lowest BCUT2D eigenvalue weighted by molar-refractivity contribution is -0.121. The molecule has 0 atom stereocenters. The highest BCUT2D eigenvalue weighted by atomic mass is 35.5. The van der Waals surface area contributed by atoms with Gasteiger partial charge in [-0.15, -0.1) is 0 Å². The minimum absolute atomic E-state index is 0.139. The third kappa shape index (κ3) is 4.50. The van der Waals surface area contributed by atoms with E-state index in [0.29, 0.717) is 10.8 Å². The van der Waals surface area contributed by atoms with Crippen molar-refractivity contribution in [3.8, 4) is 5.75 Å². The molecule has 0 heterocycles. The fraction of sp³-hybridized carbons (Fsp3) is 0.100. The van der Waals surface area contributed by atoms with Crippen LogP contribution in [0.5, 0.6) is 5.75 Å². The molecule has 6 heteroatoms. The van der Waals surface area contributed by atoms with Crippen molar-refractivity contribution >= 4 is 51.3 Å². The summed E-state index contributed by atoms with van der Waals surface area (Å²) in [6.07, 6.45) is 0. The zero-order chi connectivity index (χ0) is 18.5. The molecule has 0 aliphatic rings. The smallest absolute Gasteiger partial charge is 0.264 e. The number of benzene rings is 3. The Labute approximate surface area is 162 Å². The Hall–Kier alpha value is -2.63. The lowest BCUT2D eigenvalue weighted by Gasteiger charge is -2.13. The van der Waals surface area contributed by atoms with Crippen LogP contribution in [0.25, 0.3) is 10.8 Å². The van der Waals surface area contributed by atoms with Gasteiger partial charge in [0.05, 0.1) is 0 Å². The molecule has 0 radical (unpaired) electrons. The summed E-state index contributed by atoms with van der Waals surface area (Å²) in [5.41, 5.74) is 1.70. The first-order valence-corrected chi connectivity index (χ1v) is 8.79. The number of rotatable bonds is 4. The van der Waals surface area contributed by atoms with Crippen molar-refractivity contribution in [3.05, 3.63) is 71.2 Å². The van der Waals surface area contributed by atoms with Gasteiger partial charge in [-0.3, -0.25) is 10.1 Å². The van der Waals surface area contributed by atoms with Gasteiger partial charge in [-0.1, -0.05) is 48.0 Å². The zero-order valence-electron chi connectivity index (χ0n) is 14.1. The minimum Gasteiger partial charge on any atom is -0.483 e. The lowest BCUT2D eigenvalue weighted by atomic mass is 10.1. The van der Waals surface area contributed by atoms with Gasteiger partial charge in [-0.05, 0) is 54.4 Å². The van der Waals surface area contributed by atoms with E-state index in [9.17, 15) is 4.79 Å². The van der Waals surface area contributed by atoms with Crippen LogP contribution < -0.4 is 15.4 Å². The van der Waals surface area contributed by atoms with Gasteiger partial charge in [0.25, 0.3) is 5.91 Å². The average molecular weight is 385 g/mol. The number of carbonyl (C=O) groups is 1. The number of hydrogen-bond donors (Lipinski definition) is 2. The van der Waals surface area contributed by atoms with Crippen molar-refractivity contribution < 1.29 is 9.53 Å². The van der Waals surface area contributed by atoms with Gasteiger partial charge in [0.2, 0.25) is 0 Å². The van der Waals surface area contributed by atoms with Gasteiger partial charge in [-0.2, -0.15) is 0 Å². The van der Waals surface area contributed by atoms with E-state index in [1.807, 2.05) is 49.4 Å². The molecular formula is C20H17ClN2O2S. The number of aryl methyl sites for hydroxylation is 1. The number of fused-ring (bicyclic) bond motifs is 1. The summed E-state index contributed by atoms with van der Waals surface area (Å²) in [7, 11) is 0. The minimum atomic E-state index is -0.336. The largest absolute Gasteiger partial charge is 0.483 e. The molecule has 0 aliphatic heterocycles. The van der Waals surface area contributed by atoms with E-state index in [0.717, 1.165) is 22.0 Å². The first-order valence-electron chi connectivity index (χ1n) is 8.00. The molecule has 1 amide bonds. The van der Waals surface area contributed by atoms with Gasteiger partial charge in [0.15, 0.2) is 11.7 Å². The maximum absolute atomic E-state index is 12.1. The molecule has 0 bridgehead atoms. The van der Waals surface area contributed by atoms with E-state index in [2.05, 4.69) is 10.6 Å². The molecule has 3 rings (SSSR count). The topological polar surface area (TPSA) is 50.4 Å². The predicted octanol–water partition coefficient (Wildman–Crippen LogP) is 4.69. The van der Waals surface area contributed by atoms with Crippen molar-refractivity contribution in [3.63, 3.8) is 0 Å². The summed E-state index contributed by atoms with van der Waals surface area (Å²) in [6, 6.07) is 19.0. The van der Waals surface area contributed by atoms with Crippen LogP contribution in [0, 0.1) is 6.92 Å². The summed E-state index contributed by atoms with van der Waals surface area (Å²) in [6.45, 7) is 1.73. The molecule has 0 saturated heterocycles. The van der Waals surface area contributed by atoms with Crippen LogP contribution >= 0.6 is 23.8 Å². The van der Waals surface area contributed by atoms with E-state index in [1.54, 1.807) is 18.2 Å². The van der Waals surface area contributed by atoms with Crippen LogP contribution in [0.4, 0.5) is 5.69 Å². The molecule has 0 fully saturated rings. The second-order valence-corrected chi connectivity index (χ2v) is 6.57. The number of nitrogens with one attached hydrogen (secondary N) is 2. The van der Waals surface area contributed by atoms with Crippen LogP contribution in [0.15, 0.2) is 60.7 Å². The third-order valence-electron chi connectivity index (χ3n) is 3.79. The number of hydrogen-bond acceptors (Lipinski definition) is 3. The molecule has 3 aromatic rings. The molecule has 0 aromatic heterocycles. The van der Waals surface area contributed by atoms with E-state index in [4.69, 9.17) is 28.6 Å². The van der Waals surface area contributed by atoms with Gasteiger partial charge in [0, 0.05) is 16.1 Å². The molecule has 132 valence electrons. The van der Waals surface area contributed by atoms with Crippen molar-refractivity contribution in [2.45, 2.75) is 6.92 Å². The molecule has 0 unspecified atom stereocenters. The Morgan fingerprint density at radius 2 is 1.88 bits per heavy atom. The van der Waals surface area contributed by atoms with Crippen molar-refractivity contribution in [1.82, 2.24) is 5.32 Å². The highest BCUT2D eigenvalue weighted by molar-refractivity contribution is 7.80. The highest BCUT2D eigenvalue weighted by Gasteiger charge is 2.09. The quantitative estimate of drug-likeness (QED) is 0.640. The van der Waals surface area contributed by atoms with E-state index < -0.39 is 0 Å². The van der Waals surface area contributed by atoms with E-state index in [1.165, 1.54) is 0 Å². The number of ether oxygens (including phenoxy) is 1. The summed E-state index contributed by atoms with van der Waals surface area (Å²) >= 11 is 11.1. The lowest BCUT2D eigenvalue weighted by Crippen LogP contribution is -2.37. The van der Waals surface area contributed by atoms with E-state index >= 15 is 0 Å². The molecule has 0 aliphatic carbocycles. The number of carbonyl (C=O) groups excluding carboxylic acids is 1. The first-order chi connectivity index (χ1) is 12.5. The zero-order valence-corrected chi connectivity index (χ0v) is 15.7. The van der Waals surface area contributed by atoms with E-state index in [-0.39, 0.29) is 17.6 Å². The number of anilines is 1. The Balaban J connectivity index is 1.58. The van der Waals surface area contributed by atoms with Crippen LogP contribution in [0.2, 0.25) is 5.02 Å². The molecule has 26 heavy (non-hydrogen) atoms. The Kier molecular flexibility index (Phi) is 5.71. The molecule has 2 N–H and O–H groups in total. The summed E-state index contributed by atoms with van der Waals surface area (Å²) in [4.78, 5) is 12.1. The van der Waals surface area contributed by atoms with Crippen LogP contribution in [-0.4, -0.2) is 17.6 Å². The second-order valence-electron chi connectivity index (χ2n) is 5.73. The molecule has 0 saturated carbocycles. The maximum Gasteiger partial charge on any atom is 0.264 e. The fourth-order valence-electron chi connectivity index (χ4n) is 2.57. The summed E-state index contributed by atoms with van der Waals surface area (Å²) in [5.74, 6) is 0.273. The second kappa shape index (κ2) is 8.17. The van der Waals surface area contributed by atoms with Crippen molar-refractivity contribution in [1.29, 1.82) is 0 Å². The Morgan fingerprint density at radius 1 is 1.12 bits per heavy atom. The summed E-state index contributed by atoms with van der Waals surface area (Å²) < 4.78 is 5.52. The summed E-state index contributed by atoms with van der Waals surface area (Å²) in [5, 5.41) is 8.65. The first kappa shape index (κ1) is 18.2. The average Bonchev–Trinajstić information content (AvgIpc) is 2.61. The van der Waals surface area contributed by atoms with Crippen LogP contribution in [-0.2, 0) is 4.79 Å². The third-order valence-corrected chi connectivity index (χ3v) is 4.23. The Morgan fingerprint density at radius 3 is 2.69 bits per heavy atom. The standard InChI is InChI=1S/C20H17ClN2O2S/c1-13-11-15(21)9-10-18(13)25-12-19(24)23-20(26)22-17-8-4-6-14-5-2-3-7-16(14)17/h2-11H,12H2,1H3,(H2,22,23,24,26). The SMILES string of the molecule is Cc1cc(Cl)ccc1OCC(=O)NC(=S)Nc1cccc2ccccc12. The molecular weight excluding hydrogens is 368 g/mol. The number of halogens is 1. The van der Waals surface area contributed by atoms with Gasteiger partial charge in [0.1, 0.15) is 5.75 Å². The fourth-order valence-corrected chi connectivity index (χ4v) is 3.02.